The molecule has 3 fully saturated rings. The van der Waals surface area contributed by atoms with Crippen LogP contribution < -0.4 is 10.0 Å². The number of fused-ring (bicyclic) bond motifs is 2. The molecule has 2 bridgehead atoms. The molecule has 1 aromatic carbocycles. The molecule has 3 aliphatic rings. The number of hydrogen-bond acceptors (Lipinski definition) is 5. The normalized spacial score (nSPS) is 25.7. The number of halogens is 1. The van der Waals surface area contributed by atoms with E-state index in [1.54, 1.807) is 41.2 Å². The summed E-state index contributed by atoms with van der Waals surface area (Å²) in [7, 11) is -1.57. The van der Waals surface area contributed by atoms with E-state index in [2.05, 4.69) is 27.0 Å². The van der Waals surface area contributed by atoms with Crippen molar-refractivity contribution in [2.75, 3.05) is 18.1 Å². The Kier molecular flexibility index (Phi) is 5.27. The Morgan fingerprint density at radius 1 is 1.37 bits per heavy atom. The maximum Gasteiger partial charge on any atom is 0.322 e. The minimum absolute atomic E-state index is 0.110. The molecule has 1 aromatic heterocycles. The number of hydrogen-bond donors (Lipinski definition) is 2. The molecule has 1 saturated carbocycles. The van der Waals surface area contributed by atoms with Gasteiger partial charge in [0.1, 0.15) is 6.33 Å². The number of carbonyl (C=O) groups is 1. The predicted molar refractivity (Wildman–Crippen MR) is 115 cm³/mol. The number of nitrogens with zero attached hydrogens (tertiary/aromatic N) is 4. The first-order chi connectivity index (χ1) is 14.1. The van der Waals surface area contributed by atoms with Crippen molar-refractivity contribution < 1.29 is 13.2 Å². The summed E-state index contributed by atoms with van der Waals surface area (Å²) in [6.07, 6.45) is 5.20. The molecule has 1 aliphatic carbocycles. The monoisotopic (exact) mass is 452 g/mol. The van der Waals surface area contributed by atoms with Crippen LogP contribution in [0.5, 0.6) is 0 Å². The zero-order valence-electron chi connectivity index (χ0n) is 17.1. The third-order valence-electron chi connectivity index (χ3n) is 5.83. The molecule has 2 amide bonds. The van der Waals surface area contributed by atoms with Crippen molar-refractivity contribution in [2.45, 2.75) is 37.8 Å². The maximum absolute atomic E-state index is 13.2. The quantitative estimate of drug-likeness (QED) is 0.724. The lowest BCUT2D eigenvalue weighted by molar-refractivity contribution is -0.0851. The van der Waals surface area contributed by atoms with Gasteiger partial charge in [0, 0.05) is 30.9 Å². The summed E-state index contributed by atoms with van der Waals surface area (Å²) in [6, 6.07) is 5.04. The standard InChI is InChI=1S/C19H25ClN6O3S/c1-12-6-14-9-19(8-12,10-22-30(3,28)29)26(14)18(27)23-13-4-5-16(20)15(7-13)17-21-11-25(2)24-17/h4-5,7,11-12,14,22H,6,8-10H2,1-3H3,(H,23,27). The van der Waals surface area contributed by atoms with Crippen LogP contribution in [0.1, 0.15) is 26.2 Å². The molecule has 2 N–H and O–H groups in total. The molecule has 30 heavy (non-hydrogen) atoms. The highest BCUT2D eigenvalue weighted by atomic mass is 35.5. The number of piperidine rings is 1. The third-order valence-corrected chi connectivity index (χ3v) is 6.83. The minimum Gasteiger partial charge on any atom is -0.314 e. The van der Waals surface area contributed by atoms with Gasteiger partial charge in [-0.3, -0.25) is 4.68 Å². The van der Waals surface area contributed by atoms with Gasteiger partial charge in [0.25, 0.3) is 0 Å². The molecule has 9 nitrogen and oxygen atoms in total. The summed E-state index contributed by atoms with van der Waals surface area (Å²) in [4.78, 5) is 19.2. The lowest BCUT2D eigenvalue weighted by Gasteiger charge is -2.63. The number of carbonyl (C=O) groups excluding carboxylic acids is 1. The largest absolute Gasteiger partial charge is 0.322 e. The summed E-state index contributed by atoms with van der Waals surface area (Å²) in [5.74, 6) is 0.911. The molecule has 3 atom stereocenters. The van der Waals surface area contributed by atoms with Crippen molar-refractivity contribution in [1.29, 1.82) is 0 Å². The van der Waals surface area contributed by atoms with Crippen molar-refractivity contribution in [2.24, 2.45) is 13.0 Å². The number of urea groups is 1. The van der Waals surface area contributed by atoms with Gasteiger partial charge in [-0.1, -0.05) is 18.5 Å². The molecule has 0 radical (unpaired) electrons. The van der Waals surface area contributed by atoms with Gasteiger partial charge in [-0.05, 0) is 43.4 Å². The van der Waals surface area contributed by atoms with Crippen LogP contribution in [0.3, 0.4) is 0 Å². The highest BCUT2D eigenvalue weighted by molar-refractivity contribution is 7.88. The van der Waals surface area contributed by atoms with Gasteiger partial charge in [0.15, 0.2) is 5.82 Å². The fraction of sp³-hybridized carbons (Fsp3) is 0.526. The Balaban J connectivity index is 1.54. The molecule has 0 spiro atoms. The fourth-order valence-corrected chi connectivity index (χ4v) is 5.50. The summed E-state index contributed by atoms with van der Waals surface area (Å²) in [5.41, 5.74) is 0.713. The number of anilines is 1. The molecule has 2 aromatic rings. The smallest absolute Gasteiger partial charge is 0.314 e. The highest BCUT2D eigenvalue weighted by Crippen LogP contribution is 2.49. The first-order valence-corrected chi connectivity index (χ1v) is 12.0. The number of benzene rings is 1. The van der Waals surface area contributed by atoms with Gasteiger partial charge in [-0.2, -0.15) is 5.10 Å². The molecule has 5 rings (SSSR count). The Morgan fingerprint density at radius 3 is 2.80 bits per heavy atom. The predicted octanol–water partition coefficient (Wildman–Crippen LogP) is 2.46. The van der Waals surface area contributed by atoms with E-state index in [0.29, 0.717) is 28.0 Å². The molecule has 2 aliphatic heterocycles. The topological polar surface area (TPSA) is 109 Å². The van der Waals surface area contributed by atoms with E-state index in [0.717, 1.165) is 25.5 Å². The number of rotatable bonds is 5. The van der Waals surface area contributed by atoms with Crippen LogP contribution in [0.25, 0.3) is 11.4 Å². The van der Waals surface area contributed by atoms with Crippen LogP contribution in [0.2, 0.25) is 5.02 Å². The van der Waals surface area contributed by atoms with Gasteiger partial charge in [-0.25, -0.2) is 22.9 Å². The van der Waals surface area contributed by atoms with Gasteiger partial charge in [0.2, 0.25) is 10.0 Å². The van der Waals surface area contributed by atoms with E-state index in [9.17, 15) is 13.2 Å². The number of aryl methyl sites for hydroxylation is 1. The van der Waals surface area contributed by atoms with E-state index < -0.39 is 15.6 Å². The average molecular weight is 453 g/mol. The van der Waals surface area contributed by atoms with Crippen molar-refractivity contribution in [3.8, 4) is 11.4 Å². The molecule has 2 saturated heterocycles. The summed E-state index contributed by atoms with van der Waals surface area (Å²) in [6.45, 7) is 2.37. The molecule has 3 unspecified atom stereocenters. The number of amides is 2. The first-order valence-electron chi connectivity index (χ1n) is 9.77. The van der Waals surface area contributed by atoms with E-state index in [4.69, 9.17) is 11.6 Å². The minimum atomic E-state index is -3.34. The number of aromatic nitrogens is 3. The Bertz CT molecular complexity index is 1090. The van der Waals surface area contributed by atoms with Crippen LogP contribution in [0, 0.1) is 5.92 Å². The SMILES string of the molecule is CC1CC2CC(CNS(C)(=O)=O)(C1)N2C(=O)Nc1ccc(Cl)c(-c2ncn(C)n2)c1. The van der Waals surface area contributed by atoms with Crippen LogP contribution in [0.4, 0.5) is 10.5 Å². The second kappa shape index (κ2) is 7.51. The molecular weight excluding hydrogens is 428 g/mol. The maximum atomic E-state index is 13.2. The Hall–Kier alpha value is -2.17. The number of nitrogens with one attached hydrogen (secondary N) is 2. The lowest BCUT2D eigenvalue weighted by atomic mass is 9.64. The van der Waals surface area contributed by atoms with Crippen LogP contribution in [-0.4, -0.2) is 58.5 Å². The van der Waals surface area contributed by atoms with E-state index in [-0.39, 0.29) is 18.6 Å². The van der Waals surface area contributed by atoms with E-state index in [1.807, 2.05) is 0 Å². The van der Waals surface area contributed by atoms with Crippen molar-refractivity contribution in [3.63, 3.8) is 0 Å². The first kappa shape index (κ1) is 21.1. The van der Waals surface area contributed by atoms with Crippen molar-refractivity contribution in [3.05, 3.63) is 29.5 Å². The summed E-state index contributed by atoms with van der Waals surface area (Å²) < 4.78 is 27.4. The van der Waals surface area contributed by atoms with Crippen LogP contribution >= 0.6 is 11.6 Å². The van der Waals surface area contributed by atoms with Gasteiger partial charge < -0.3 is 10.2 Å². The second-order valence-electron chi connectivity index (χ2n) is 8.46. The zero-order valence-corrected chi connectivity index (χ0v) is 18.7. The molecule has 11 heteroatoms. The Labute approximate surface area is 180 Å². The van der Waals surface area contributed by atoms with Crippen molar-refractivity contribution >= 4 is 33.3 Å². The van der Waals surface area contributed by atoms with Crippen LogP contribution in [0.15, 0.2) is 24.5 Å². The van der Waals surface area contributed by atoms with Gasteiger partial charge in [0.05, 0.1) is 16.8 Å². The van der Waals surface area contributed by atoms with Gasteiger partial charge in [-0.15, -0.1) is 0 Å². The van der Waals surface area contributed by atoms with E-state index >= 15 is 0 Å². The summed E-state index contributed by atoms with van der Waals surface area (Å²) >= 11 is 6.30. The van der Waals surface area contributed by atoms with E-state index in [1.165, 1.54) is 0 Å². The number of sulfonamides is 1. The molecular formula is C19H25ClN6O3S. The van der Waals surface area contributed by atoms with Gasteiger partial charge >= 0.3 is 6.03 Å². The average Bonchev–Trinajstić information content (AvgIpc) is 3.06. The van der Waals surface area contributed by atoms with Crippen LogP contribution in [-0.2, 0) is 17.1 Å². The molecule has 162 valence electrons. The van der Waals surface area contributed by atoms with Crippen molar-refractivity contribution in [1.82, 2.24) is 24.4 Å². The highest BCUT2D eigenvalue weighted by Gasteiger charge is 2.58. The third kappa shape index (κ3) is 4.03. The molecule has 3 heterocycles. The Morgan fingerprint density at radius 2 is 2.13 bits per heavy atom. The lowest BCUT2D eigenvalue weighted by Crippen LogP contribution is -2.75. The second-order valence-corrected chi connectivity index (χ2v) is 10.7. The summed E-state index contributed by atoms with van der Waals surface area (Å²) in [5, 5.41) is 7.70. The zero-order chi connectivity index (χ0) is 21.7. The fourth-order valence-electron chi connectivity index (χ4n) is 4.77.